The molecule has 23 heavy (non-hydrogen) atoms. The summed E-state index contributed by atoms with van der Waals surface area (Å²) in [6.45, 7) is 2.96. The highest BCUT2D eigenvalue weighted by molar-refractivity contribution is 6.42. The number of anilines is 1. The van der Waals surface area contributed by atoms with E-state index in [2.05, 4.69) is 5.32 Å². The second kappa shape index (κ2) is 8.09. The van der Waals surface area contributed by atoms with Crippen LogP contribution in [0, 0.1) is 6.92 Å². The number of hydrogen-bond acceptors (Lipinski definition) is 3. The molecule has 2 aromatic carbocycles. The molecule has 0 atom stereocenters. The van der Waals surface area contributed by atoms with Crippen molar-refractivity contribution in [2.45, 2.75) is 13.3 Å². The number of aromatic carboxylic acids is 1. The van der Waals surface area contributed by atoms with Crippen LogP contribution in [0.25, 0.3) is 0 Å². The Morgan fingerprint density at radius 3 is 2.70 bits per heavy atom. The minimum absolute atomic E-state index is 0.274. The van der Waals surface area contributed by atoms with Crippen molar-refractivity contribution >= 4 is 34.9 Å². The lowest BCUT2D eigenvalue weighted by molar-refractivity contribution is 0.0698. The fraction of sp³-hybridized carbons (Fsp3) is 0.235. The molecule has 0 aliphatic heterocycles. The molecule has 0 bridgehead atoms. The molecule has 2 aromatic rings. The second-order valence-corrected chi connectivity index (χ2v) is 5.82. The first-order chi connectivity index (χ1) is 11.0. The Kier molecular flexibility index (Phi) is 6.13. The second-order valence-electron chi connectivity index (χ2n) is 5.01. The number of carboxylic acids is 1. The molecule has 2 N–H and O–H groups in total. The van der Waals surface area contributed by atoms with Crippen LogP contribution in [-0.4, -0.2) is 24.2 Å². The van der Waals surface area contributed by atoms with Crippen molar-refractivity contribution in [2.24, 2.45) is 0 Å². The average molecular weight is 354 g/mol. The summed E-state index contributed by atoms with van der Waals surface area (Å²) in [6, 6.07) is 10.3. The molecule has 0 saturated carbocycles. The van der Waals surface area contributed by atoms with E-state index in [1.54, 1.807) is 30.3 Å². The summed E-state index contributed by atoms with van der Waals surface area (Å²) in [5.41, 5.74) is 1.82. The van der Waals surface area contributed by atoms with Gasteiger partial charge in [-0.25, -0.2) is 4.79 Å². The normalized spacial score (nSPS) is 10.4. The van der Waals surface area contributed by atoms with Gasteiger partial charge >= 0.3 is 5.97 Å². The summed E-state index contributed by atoms with van der Waals surface area (Å²) in [4.78, 5) is 11.2. The topological polar surface area (TPSA) is 58.6 Å². The molecule has 0 aromatic heterocycles. The Morgan fingerprint density at radius 2 is 2.00 bits per heavy atom. The number of ether oxygens (including phenoxy) is 1. The highest BCUT2D eigenvalue weighted by atomic mass is 35.5. The maximum absolute atomic E-state index is 11.2. The number of aryl methyl sites for hydroxylation is 1. The summed E-state index contributed by atoms with van der Waals surface area (Å²) in [5, 5.41) is 13.3. The Balaban J connectivity index is 1.84. The number of carboxylic acid groups (broad SMARTS) is 1. The van der Waals surface area contributed by atoms with Gasteiger partial charge in [0.15, 0.2) is 0 Å². The Labute approximate surface area is 145 Å². The highest BCUT2D eigenvalue weighted by Gasteiger charge is 2.11. The van der Waals surface area contributed by atoms with E-state index >= 15 is 0 Å². The van der Waals surface area contributed by atoms with Crippen LogP contribution in [0.15, 0.2) is 36.4 Å². The number of hydrogen-bond donors (Lipinski definition) is 2. The quantitative estimate of drug-likeness (QED) is 0.696. The van der Waals surface area contributed by atoms with Gasteiger partial charge in [0.1, 0.15) is 5.75 Å². The molecule has 0 unspecified atom stereocenters. The van der Waals surface area contributed by atoms with Crippen LogP contribution in [0.1, 0.15) is 22.3 Å². The van der Waals surface area contributed by atoms with Crippen molar-refractivity contribution in [3.63, 3.8) is 0 Å². The number of rotatable bonds is 7. The van der Waals surface area contributed by atoms with Crippen molar-refractivity contribution in [2.75, 3.05) is 18.5 Å². The van der Waals surface area contributed by atoms with E-state index in [9.17, 15) is 9.90 Å². The molecule has 0 fully saturated rings. The van der Waals surface area contributed by atoms with E-state index in [0.717, 1.165) is 5.56 Å². The predicted molar refractivity (Wildman–Crippen MR) is 93.2 cm³/mol. The van der Waals surface area contributed by atoms with Crippen molar-refractivity contribution in [1.82, 2.24) is 0 Å². The third-order valence-electron chi connectivity index (χ3n) is 3.29. The molecule has 122 valence electrons. The molecular formula is C17H17Cl2NO3. The van der Waals surface area contributed by atoms with E-state index in [4.69, 9.17) is 27.9 Å². The number of nitrogens with one attached hydrogen (secondary N) is 1. The first kappa shape index (κ1) is 17.4. The molecule has 0 spiro atoms. The average Bonchev–Trinajstić information content (AvgIpc) is 2.51. The van der Waals surface area contributed by atoms with Crippen LogP contribution < -0.4 is 10.1 Å². The molecule has 0 heterocycles. The van der Waals surface area contributed by atoms with Crippen LogP contribution in [0.5, 0.6) is 5.75 Å². The minimum atomic E-state index is -0.941. The van der Waals surface area contributed by atoms with E-state index < -0.39 is 5.97 Å². The zero-order valence-corrected chi connectivity index (χ0v) is 14.1. The maximum Gasteiger partial charge on any atom is 0.337 e. The van der Waals surface area contributed by atoms with E-state index in [0.29, 0.717) is 41.1 Å². The van der Waals surface area contributed by atoms with Crippen molar-refractivity contribution in [3.8, 4) is 5.75 Å². The van der Waals surface area contributed by atoms with Crippen molar-refractivity contribution in [1.29, 1.82) is 0 Å². The molecule has 4 nitrogen and oxygen atoms in total. The van der Waals surface area contributed by atoms with Gasteiger partial charge in [0.05, 0.1) is 27.9 Å². The van der Waals surface area contributed by atoms with Gasteiger partial charge < -0.3 is 15.2 Å². The molecule has 0 aliphatic carbocycles. The van der Waals surface area contributed by atoms with Crippen LogP contribution >= 0.6 is 23.2 Å². The van der Waals surface area contributed by atoms with Gasteiger partial charge in [-0.3, -0.25) is 0 Å². The lowest BCUT2D eigenvalue weighted by Crippen LogP contribution is -2.11. The van der Waals surface area contributed by atoms with Gasteiger partial charge in [0, 0.05) is 12.6 Å². The highest BCUT2D eigenvalue weighted by Crippen LogP contribution is 2.26. The zero-order chi connectivity index (χ0) is 16.8. The Hall–Kier alpha value is -1.91. The summed E-state index contributed by atoms with van der Waals surface area (Å²) < 4.78 is 5.59. The fourth-order valence-electron chi connectivity index (χ4n) is 2.12. The lowest BCUT2D eigenvalue weighted by Gasteiger charge is -2.13. The first-order valence-corrected chi connectivity index (χ1v) is 7.89. The molecule has 2 rings (SSSR count). The van der Waals surface area contributed by atoms with Gasteiger partial charge in [0.2, 0.25) is 0 Å². The molecule has 0 saturated heterocycles. The molecule has 0 aliphatic rings. The Morgan fingerprint density at radius 1 is 1.22 bits per heavy atom. The van der Waals surface area contributed by atoms with Gasteiger partial charge in [0.25, 0.3) is 0 Å². The summed E-state index contributed by atoms with van der Waals surface area (Å²) in [5.74, 6) is -0.287. The lowest BCUT2D eigenvalue weighted by atomic mass is 10.1. The molecule has 0 radical (unpaired) electrons. The van der Waals surface area contributed by atoms with Crippen molar-refractivity contribution in [3.05, 3.63) is 57.6 Å². The maximum atomic E-state index is 11.2. The SMILES string of the molecule is Cc1cccc(C(=O)O)c1NCCCOc1ccc(Cl)c(Cl)c1. The van der Waals surface area contributed by atoms with Gasteiger partial charge in [-0.15, -0.1) is 0 Å². The summed E-state index contributed by atoms with van der Waals surface area (Å²) in [7, 11) is 0. The van der Waals surface area contributed by atoms with Gasteiger partial charge in [-0.05, 0) is 37.1 Å². The van der Waals surface area contributed by atoms with Gasteiger partial charge in [-0.1, -0.05) is 35.3 Å². The van der Waals surface area contributed by atoms with Crippen LogP contribution in [-0.2, 0) is 0 Å². The zero-order valence-electron chi connectivity index (χ0n) is 12.6. The summed E-state index contributed by atoms with van der Waals surface area (Å²) in [6.07, 6.45) is 0.716. The van der Waals surface area contributed by atoms with Crippen LogP contribution in [0.4, 0.5) is 5.69 Å². The Bertz CT molecular complexity index is 704. The molecule has 0 amide bonds. The fourth-order valence-corrected chi connectivity index (χ4v) is 2.41. The van der Waals surface area contributed by atoms with Crippen LogP contribution in [0.2, 0.25) is 10.0 Å². The van der Waals surface area contributed by atoms with Crippen LogP contribution in [0.3, 0.4) is 0 Å². The van der Waals surface area contributed by atoms with Gasteiger partial charge in [-0.2, -0.15) is 0 Å². The molecule has 6 heteroatoms. The standard InChI is InChI=1S/C17H17Cl2NO3/c1-11-4-2-5-13(17(21)22)16(11)20-8-3-9-23-12-6-7-14(18)15(19)10-12/h2,4-7,10,20H,3,8-9H2,1H3,(H,21,22). The smallest absolute Gasteiger partial charge is 0.337 e. The van der Waals surface area contributed by atoms with E-state index in [1.807, 2.05) is 13.0 Å². The number of para-hydroxylation sites is 1. The van der Waals surface area contributed by atoms with E-state index in [1.165, 1.54) is 0 Å². The summed E-state index contributed by atoms with van der Waals surface area (Å²) >= 11 is 11.8. The third kappa shape index (κ3) is 4.78. The number of benzene rings is 2. The van der Waals surface area contributed by atoms with E-state index in [-0.39, 0.29) is 5.56 Å². The first-order valence-electron chi connectivity index (χ1n) is 7.13. The largest absolute Gasteiger partial charge is 0.493 e. The minimum Gasteiger partial charge on any atom is -0.493 e. The molecular weight excluding hydrogens is 337 g/mol. The van der Waals surface area contributed by atoms with Crippen molar-refractivity contribution < 1.29 is 14.6 Å². The number of carbonyl (C=O) groups is 1. The monoisotopic (exact) mass is 353 g/mol. The predicted octanol–water partition coefficient (Wildman–Crippen LogP) is 4.88. The third-order valence-corrected chi connectivity index (χ3v) is 4.02. The number of halogens is 2.